The number of fused-ring (bicyclic) bond motifs is 1. The van der Waals surface area contributed by atoms with E-state index in [4.69, 9.17) is 9.47 Å². The van der Waals surface area contributed by atoms with Crippen molar-refractivity contribution in [2.24, 2.45) is 0 Å². The lowest BCUT2D eigenvalue weighted by Gasteiger charge is -2.08. The van der Waals surface area contributed by atoms with Gasteiger partial charge in [-0.05, 0) is 58.2 Å². The summed E-state index contributed by atoms with van der Waals surface area (Å²) in [6.45, 7) is 3.75. The maximum Gasteiger partial charge on any atom is 0.194 e. The van der Waals surface area contributed by atoms with Gasteiger partial charge in [-0.1, -0.05) is 12.1 Å². The van der Waals surface area contributed by atoms with Crippen molar-refractivity contribution < 1.29 is 14.3 Å². The molecule has 1 aliphatic heterocycles. The minimum absolute atomic E-state index is 0.000349. The minimum atomic E-state index is -0.000349. The van der Waals surface area contributed by atoms with Crippen molar-refractivity contribution in [1.82, 2.24) is 0 Å². The van der Waals surface area contributed by atoms with E-state index < -0.39 is 0 Å². The molecule has 0 saturated carbocycles. The van der Waals surface area contributed by atoms with Crippen molar-refractivity contribution in [2.45, 2.75) is 20.1 Å². The summed E-state index contributed by atoms with van der Waals surface area (Å²) in [6.07, 6.45) is 0. The molecule has 2 aromatic carbocycles. The molecule has 0 unspecified atom stereocenters. The Morgan fingerprint density at radius 2 is 2.00 bits per heavy atom. The molecular weight excluding hydrogens is 332 g/mol. The van der Waals surface area contributed by atoms with Crippen molar-refractivity contribution in [1.29, 1.82) is 0 Å². The number of benzene rings is 2. The second-order valence-electron chi connectivity index (χ2n) is 4.88. The Hall–Kier alpha value is -1.65. The van der Waals surface area contributed by atoms with Crippen LogP contribution in [0.3, 0.4) is 0 Å². The molecular formula is C17H15BrO3. The van der Waals surface area contributed by atoms with Gasteiger partial charge in [0.15, 0.2) is 5.78 Å². The molecule has 21 heavy (non-hydrogen) atoms. The largest absolute Gasteiger partial charge is 0.494 e. The number of ketones is 1. The van der Waals surface area contributed by atoms with Gasteiger partial charge in [0.05, 0.1) is 19.8 Å². The van der Waals surface area contributed by atoms with Crippen molar-refractivity contribution in [3.63, 3.8) is 0 Å². The molecule has 3 rings (SSSR count). The van der Waals surface area contributed by atoms with Crippen molar-refractivity contribution in [2.75, 3.05) is 6.61 Å². The quantitative estimate of drug-likeness (QED) is 0.781. The third kappa shape index (κ3) is 2.87. The van der Waals surface area contributed by atoms with Gasteiger partial charge in [0.2, 0.25) is 0 Å². The van der Waals surface area contributed by atoms with Crippen LogP contribution < -0.4 is 4.74 Å². The predicted molar refractivity (Wildman–Crippen MR) is 83.7 cm³/mol. The lowest BCUT2D eigenvalue weighted by atomic mass is 9.99. The molecule has 1 aliphatic rings. The normalized spacial score (nSPS) is 13.0. The van der Waals surface area contributed by atoms with Crippen LogP contribution in [-0.2, 0) is 18.0 Å². The predicted octanol–water partition coefficient (Wildman–Crippen LogP) is 4.11. The highest BCUT2D eigenvalue weighted by Crippen LogP contribution is 2.27. The molecule has 2 aromatic rings. The van der Waals surface area contributed by atoms with E-state index >= 15 is 0 Å². The van der Waals surface area contributed by atoms with Crippen LogP contribution in [0.15, 0.2) is 40.9 Å². The summed E-state index contributed by atoms with van der Waals surface area (Å²) in [5.74, 6) is 0.753. The van der Waals surface area contributed by atoms with Gasteiger partial charge >= 0.3 is 0 Å². The fourth-order valence-electron chi connectivity index (χ4n) is 2.41. The summed E-state index contributed by atoms with van der Waals surface area (Å²) >= 11 is 3.45. The van der Waals surface area contributed by atoms with E-state index in [-0.39, 0.29) is 5.78 Å². The third-order valence-electron chi connectivity index (χ3n) is 3.48. The summed E-state index contributed by atoms with van der Waals surface area (Å²) in [6, 6.07) is 11.2. The Morgan fingerprint density at radius 1 is 1.19 bits per heavy atom. The number of halogens is 1. The number of hydrogen-bond donors (Lipinski definition) is 0. The Bertz CT molecular complexity index is 694. The van der Waals surface area contributed by atoms with E-state index in [9.17, 15) is 4.79 Å². The molecule has 0 fully saturated rings. The maximum absolute atomic E-state index is 12.6. The molecule has 0 radical (unpaired) electrons. The summed E-state index contributed by atoms with van der Waals surface area (Å²) < 4.78 is 11.6. The topological polar surface area (TPSA) is 35.5 Å². The van der Waals surface area contributed by atoms with Crippen molar-refractivity contribution >= 4 is 21.7 Å². The Morgan fingerprint density at radius 3 is 2.76 bits per heavy atom. The van der Waals surface area contributed by atoms with Crippen molar-refractivity contribution in [3.05, 3.63) is 63.1 Å². The lowest BCUT2D eigenvalue weighted by Crippen LogP contribution is -2.04. The zero-order chi connectivity index (χ0) is 14.8. The van der Waals surface area contributed by atoms with Crippen LogP contribution in [0.1, 0.15) is 34.0 Å². The highest BCUT2D eigenvalue weighted by Gasteiger charge is 2.17. The van der Waals surface area contributed by atoms with Crippen LogP contribution in [-0.4, -0.2) is 12.4 Å². The van der Waals surface area contributed by atoms with Crippen LogP contribution in [0.4, 0.5) is 0 Å². The average Bonchev–Trinajstić information content (AvgIpc) is 2.94. The second-order valence-corrected chi connectivity index (χ2v) is 5.73. The number of ether oxygens (including phenoxy) is 2. The first-order valence-electron chi connectivity index (χ1n) is 6.85. The fraction of sp³-hybridized carbons (Fsp3) is 0.235. The molecule has 0 amide bonds. The standard InChI is InChI=1S/C17H15BrO3/c1-2-21-14-5-6-15(16(18)8-14)17(19)11-3-4-12-9-20-10-13(12)7-11/h3-8H,2,9-10H2,1H3. The van der Waals surface area contributed by atoms with Crippen LogP contribution in [0.25, 0.3) is 0 Å². The van der Waals surface area contributed by atoms with Crippen LogP contribution in [0, 0.1) is 0 Å². The molecule has 4 heteroatoms. The van der Waals surface area contributed by atoms with Crippen LogP contribution in [0.2, 0.25) is 0 Å². The Labute approximate surface area is 132 Å². The monoisotopic (exact) mass is 346 g/mol. The highest BCUT2D eigenvalue weighted by atomic mass is 79.9. The van der Waals surface area contributed by atoms with E-state index in [0.717, 1.165) is 21.3 Å². The Balaban J connectivity index is 1.91. The molecule has 0 bridgehead atoms. The zero-order valence-corrected chi connectivity index (χ0v) is 13.3. The fourth-order valence-corrected chi connectivity index (χ4v) is 2.94. The molecule has 0 N–H and O–H groups in total. The first kappa shape index (κ1) is 14.3. The van der Waals surface area contributed by atoms with Gasteiger partial charge in [-0.2, -0.15) is 0 Å². The van der Waals surface area contributed by atoms with Crippen LogP contribution in [0.5, 0.6) is 5.75 Å². The van der Waals surface area contributed by atoms with Gasteiger partial charge in [-0.3, -0.25) is 4.79 Å². The SMILES string of the molecule is CCOc1ccc(C(=O)c2ccc3c(c2)COC3)c(Br)c1. The molecule has 0 saturated heterocycles. The van der Waals surface area contributed by atoms with E-state index in [1.807, 2.05) is 37.3 Å². The number of hydrogen-bond acceptors (Lipinski definition) is 3. The smallest absolute Gasteiger partial charge is 0.194 e. The first-order chi connectivity index (χ1) is 10.2. The maximum atomic E-state index is 12.6. The molecule has 1 heterocycles. The summed E-state index contributed by atoms with van der Waals surface area (Å²) in [7, 11) is 0. The summed E-state index contributed by atoms with van der Waals surface area (Å²) in [4.78, 5) is 12.6. The molecule has 0 aromatic heterocycles. The molecule has 3 nitrogen and oxygen atoms in total. The van der Waals surface area contributed by atoms with E-state index in [1.165, 1.54) is 0 Å². The van der Waals surface area contributed by atoms with E-state index in [2.05, 4.69) is 15.9 Å². The van der Waals surface area contributed by atoms with E-state index in [1.54, 1.807) is 6.07 Å². The number of carbonyl (C=O) groups excluding carboxylic acids is 1. The molecule has 0 spiro atoms. The van der Waals surface area contributed by atoms with Gasteiger partial charge in [0.1, 0.15) is 5.75 Å². The zero-order valence-electron chi connectivity index (χ0n) is 11.7. The van der Waals surface area contributed by atoms with Gasteiger partial charge in [0, 0.05) is 15.6 Å². The van der Waals surface area contributed by atoms with Crippen molar-refractivity contribution in [3.8, 4) is 5.75 Å². The number of carbonyl (C=O) groups is 1. The lowest BCUT2D eigenvalue weighted by molar-refractivity contribution is 0.103. The Kier molecular flexibility index (Phi) is 4.08. The second kappa shape index (κ2) is 6.00. The first-order valence-corrected chi connectivity index (χ1v) is 7.65. The average molecular weight is 347 g/mol. The van der Waals surface area contributed by atoms with Gasteiger partial charge in [-0.25, -0.2) is 0 Å². The molecule has 0 aliphatic carbocycles. The molecule has 108 valence electrons. The van der Waals surface area contributed by atoms with Gasteiger partial charge in [0.25, 0.3) is 0 Å². The third-order valence-corrected chi connectivity index (χ3v) is 4.14. The van der Waals surface area contributed by atoms with Gasteiger partial charge < -0.3 is 9.47 Å². The summed E-state index contributed by atoms with van der Waals surface area (Å²) in [5.41, 5.74) is 3.58. The molecule has 0 atom stereocenters. The minimum Gasteiger partial charge on any atom is -0.494 e. The number of rotatable bonds is 4. The van der Waals surface area contributed by atoms with Crippen LogP contribution >= 0.6 is 15.9 Å². The summed E-state index contributed by atoms with van der Waals surface area (Å²) in [5, 5.41) is 0. The highest BCUT2D eigenvalue weighted by molar-refractivity contribution is 9.10. The van der Waals surface area contributed by atoms with Gasteiger partial charge in [-0.15, -0.1) is 0 Å². The van der Waals surface area contributed by atoms with E-state index in [0.29, 0.717) is 30.9 Å².